The number of ether oxygens (including phenoxy) is 1. The molecule has 0 aliphatic heterocycles. The second-order valence-corrected chi connectivity index (χ2v) is 9.47. The molecule has 0 aromatic heterocycles. The van der Waals surface area contributed by atoms with E-state index >= 15 is 0 Å². The lowest BCUT2D eigenvalue weighted by Gasteiger charge is -2.31. The molecule has 1 atom stereocenters. The summed E-state index contributed by atoms with van der Waals surface area (Å²) in [5.74, 6) is 0.442. The van der Waals surface area contributed by atoms with Gasteiger partial charge in [0.25, 0.3) is 0 Å². The summed E-state index contributed by atoms with van der Waals surface area (Å²) in [7, 11) is -3.66. The van der Waals surface area contributed by atoms with Crippen molar-refractivity contribution in [2.45, 2.75) is 47.1 Å². The van der Waals surface area contributed by atoms with E-state index in [-0.39, 0.29) is 12.5 Å². The Morgan fingerprint density at radius 1 is 1.10 bits per heavy atom. The molecule has 0 heterocycles. The van der Waals surface area contributed by atoms with Gasteiger partial charge in [0.2, 0.25) is 15.9 Å². The number of rotatable bonds is 9. The van der Waals surface area contributed by atoms with E-state index in [9.17, 15) is 13.2 Å². The number of carbonyl (C=O) groups excluding carboxylic acids is 1. The smallest absolute Gasteiger partial charge is 0.244 e. The molecule has 164 valence electrons. The number of sulfonamides is 1. The van der Waals surface area contributed by atoms with Crippen LogP contribution in [0.15, 0.2) is 36.4 Å². The summed E-state index contributed by atoms with van der Waals surface area (Å²) in [5.41, 5.74) is 4.47. The number of nitrogens with one attached hydrogen (secondary N) is 1. The van der Waals surface area contributed by atoms with E-state index in [1.54, 1.807) is 13.0 Å². The monoisotopic (exact) mass is 432 g/mol. The van der Waals surface area contributed by atoms with Crippen molar-refractivity contribution in [2.24, 2.45) is 0 Å². The number of hydrogen-bond donors (Lipinski definition) is 1. The minimum atomic E-state index is -3.66. The standard InChI is InChI=1S/C23H32N2O4S/c1-7-20(25(30(6,27)28)21-15-16(2)11-12-18(21)4)23(26)24-13-14-29-22-10-8-9-17(3)19(22)5/h8-12,15,20H,7,13-14H2,1-6H3,(H,24,26)/t20-/m0/s1. The van der Waals surface area contributed by atoms with Crippen LogP contribution in [0.25, 0.3) is 0 Å². The Morgan fingerprint density at radius 3 is 2.43 bits per heavy atom. The van der Waals surface area contributed by atoms with E-state index in [4.69, 9.17) is 4.74 Å². The number of benzene rings is 2. The SMILES string of the molecule is CC[C@@H](C(=O)NCCOc1cccc(C)c1C)N(c1cc(C)ccc1C)S(C)(=O)=O. The van der Waals surface area contributed by atoms with Gasteiger partial charge in [-0.2, -0.15) is 0 Å². The molecule has 2 rings (SSSR count). The van der Waals surface area contributed by atoms with Crippen molar-refractivity contribution in [1.29, 1.82) is 0 Å². The first kappa shape index (κ1) is 23.7. The van der Waals surface area contributed by atoms with Gasteiger partial charge in [-0.1, -0.05) is 31.2 Å². The van der Waals surface area contributed by atoms with Gasteiger partial charge in [-0.3, -0.25) is 9.10 Å². The van der Waals surface area contributed by atoms with Gasteiger partial charge in [0.1, 0.15) is 18.4 Å². The Balaban J connectivity index is 2.12. The lowest BCUT2D eigenvalue weighted by atomic mass is 10.1. The third kappa shape index (κ3) is 5.75. The lowest BCUT2D eigenvalue weighted by Crippen LogP contribution is -2.50. The Bertz CT molecular complexity index is 1000. The number of aryl methyl sites for hydroxylation is 3. The van der Waals surface area contributed by atoms with Crippen molar-refractivity contribution in [3.63, 3.8) is 0 Å². The Kier molecular flexibility index (Phi) is 7.89. The molecule has 0 fully saturated rings. The van der Waals surface area contributed by atoms with E-state index in [0.29, 0.717) is 18.7 Å². The summed E-state index contributed by atoms with van der Waals surface area (Å²) in [6.07, 6.45) is 1.48. The number of amides is 1. The van der Waals surface area contributed by atoms with E-state index in [1.165, 1.54) is 4.31 Å². The highest BCUT2D eigenvalue weighted by atomic mass is 32.2. The van der Waals surface area contributed by atoms with Crippen LogP contribution in [0.5, 0.6) is 5.75 Å². The van der Waals surface area contributed by atoms with E-state index in [0.717, 1.165) is 34.3 Å². The van der Waals surface area contributed by atoms with Crippen LogP contribution < -0.4 is 14.4 Å². The molecular formula is C23H32N2O4S. The van der Waals surface area contributed by atoms with Gasteiger partial charge in [-0.05, 0) is 68.5 Å². The topological polar surface area (TPSA) is 75.7 Å². The maximum atomic E-state index is 12.9. The Hall–Kier alpha value is -2.54. The Labute approximate surface area is 180 Å². The van der Waals surface area contributed by atoms with Crippen LogP contribution >= 0.6 is 0 Å². The van der Waals surface area contributed by atoms with Crippen LogP contribution in [-0.4, -0.2) is 39.8 Å². The molecule has 1 N–H and O–H groups in total. The first-order valence-electron chi connectivity index (χ1n) is 10.1. The zero-order chi connectivity index (χ0) is 22.5. The van der Waals surface area contributed by atoms with Crippen molar-refractivity contribution in [1.82, 2.24) is 5.32 Å². The van der Waals surface area contributed by atoms with Crippen molar-refractivity contribution in [3.8, 4) is 5.75 Å². The van der Waals surface area contributed by atoms with E-state index < -0.39 is 16.1 Å². The van der Waals surface area contributed by atoms with Gasteiger partial charge in [-0.15, -0.1) is 0 Å². The van der Waals surface area contributed by atoms with Crippen molar-refractivity contribution in [3.05, 3.63) is 58.7 Å². The van der Waals surface area contributed by atoms with E-state index in [2.05, 4.69) is 5.32 Å². The third-order valence-electron chi connectivity index (χ3n) is 5.15. The maximum Gasteiger partial charge on any atom is 0.244 e. The molecule has 0 radical (unpaired) electrons. The quantitative estimate of drug-likeness (QED) is 0.614. The molecule has 7 heteroatoms. The number of carbonyl (C=O) groups is 1. The van der Waals surface area contributed by atoms with Crippen LogP contribution in [0.3, 0.4) is 0 Å². The Morgan fingerprint density at radius 2 is 1.80 bits per heavy atom. The van der Waals surface area contributed by atoms with Crippen LogP contribution in [0, 0.1) is 27.7 Å². The van der Waals surface area contributed by atoms with Gasteiger partial charge in [0.15, 0.2) is 0 Å². The predicted octanol–water partition coefficient (Wildman–Crippen LogP) is 3.66. The van der Waals surface area contributed by atoms with Crippen molar-refractivity contribution >= 4 is 21.6 Å². The molecule has 0 spiro atoms. The first-order valence-corrected chi connectivity index (χ1v) is 11.9. The summed E-state index contributed by atoms with van der Waals surface area (Å²) in [5, 5.41) is 2.82. The normalized spacial score (nSPS) is 12.3. The summed E-state index contributed by atoms with van der Waals surface area (Å²) >= 11 is 0. The molecule has 0 unspecified atom stereocenters. The van der Waals surface area contributed by atoms with Crippen LogP contribution in [-0.2, 0) is 14.8 Å². The molecule has 0 aliphatic carbocycles. The summed E-state index contributed by atoms with van der Waals surface area (Å²) in [4.78, 5) is 12.9. The molecular weight excluding hydrogens is 400 g/mol. The highest BCUT2D eigenvalue weighted by Crippen LogP contribution is 2.27. The molecule has 0 saturated carbocycles. The number of hydrogen-bond acceptors (Lipinski definition) is 4. The summed E-state index contributed by atoms with van der Waals surface area (Å²) in [6.45, 7) is 10.1. The molecule has 0 aliphatic rings. The second-order valence-electron chi connectivity index (χ2n) is 7.61. The van der Waals surface area contributed by atoms with Crippen LogP contribution in [0.1, 0.15) is 35.6 Å². The molecule has 1 amide bonds. The van der Waals surface area contributed by atoms with Gasteiger partial charge in [0, 0.05) is 0 Å². The molecule has 2 aromatic carbocycles. The average Bonchev–Trinajstić information content (AvgIpc) is 2.67. The second kappa shape index (κ2) is 9.98. The van der Waals surface area contributed by atoms with Crippen molar-refractivity contribution in [2.75, 3.05) is 23.7 Å². The molecule has 0 bridgehead atoms. The van der Waals surface area contributed by atoms with Crippen LogP contribution in [0.4, 0.5) is 5.69 Å². The summed E-state index contributed by atoms with van der Waals surface area (Å²) < 4.78 is 32.2. The molecule has 2 aromatic rings. The lowest BCUT2D eigenvalue weighted by molar-refractivity contribution is -0.122. The van der Waals surface area contributed by atoms with Crippen LogP contribution in [0.2, 0.25) is 0 Å². The third-order valence-corrected chi connectivity index (χ3v) is 6.31. The summed E-state index contributed by atoms with van der Waals surface area (Å²) in [6, 6.07) is 10.6. The number of anilines is 1. The largest absolute Gasteiger partial charge is 0.491 e. The zero-order valence-electron chi connectivity index (χ0n) is 18.7. The van der Waals surface area contributed by atoms with E-state index in [1.807, 2.05) is 58.0 Å². The fourth-order valence-corrected chi connectivity index (χ4v) is 4.59. The molecule has 30 heavy (non-hydrogen) atoms. The van der Waals surface area contributed by atoms with Gasteiger partial charge in [0.05, 0.1) is 18.5 Å². The fourth-order valence-electron chi connectivity index (χ4n) is 3.33. The predicted molar refractivity (Wildman–Crippen MR) is 122 cm³/mol. The minimum absolute atomic E-state index is 0.285. The highest BCUT2D eigenvalue weighted by molar-refractivity contribution is 7.92. The first-order chi connectivity index (χ1) is 14.1. The molecule has 0 saturated heterocycles. The molecule has 6 nitrogen and oxygen atoms in total. The zero-order valence-corrected chi connectivity index (χ0v) is 19.5. The van der Waals surface area contributed by atoms with Gasteiger partial charge < -0.3 is 10.1 Å². The van der Waals surface area contributed by atoms with Gasteiger partial charge >= 0.3 is 0 Å². The highest BCUT2D eigenvalue weighted by Gasteiger charge is 2.32. The fraction of sp³-hybridized carbons (Fsp3) is 0.435. The average molecular weight is 433 g/mol. The van der Waals surface area contributed by atoms with Gasteiger partial charge in [-0.25, -0.2) is 8.42 Å². The maximum absolute atomic E-state index is 12.9. The van der Waals surface area contributed by atoms with Crippen molar-refractivity contribution < 1.29 is 17.9 Å². The number of nitrogens with zero attached hydrogens (tertiary/aromatic N) is 1. The minimum Gasteiger partial charge on any atom is -0.491 e.